The van der Waals surface area contributed by atoms with E-state index < -0.39 is 0 Å². The average Bonchev–Trinajstić information content (AvgIpc) is 2.55. The number of rotatable bonds is 7. The van der Waals surface area contributed by atoms with Gasteiger partial charge in [-0.05, 0) is 30.2 Å². The molecular formula is C18H23N3O3. The topological polar surface area (TPSA) is 72.5 Å². The van der Waals surface area contributed by atoms with Crippen LogP contribution >= 0.6 is 0 Å². The quantitative estimate of drug-likeness (QED) is 0.808. The monoisotopic (exact) mass is 329 g/mol. The molecule has 24 heavy (non-hydrogen) atoms. The highest BCUT2D eigenvalue weighted by Gasteiger charge is 2.07. The zero-order valence-electron chi connectivity index (χ0n) is 14.4. The summed E-state index contributed by atoms with van der Waals surface area (Å²) in [5.41, 5.74) is 1.66. The molecule has 0 unspecified atom stereocenters. The van der Waals surface area contributed by atoms with E-state index in [4.69, 9.17) is 9.47 Å². The molecule has 2 rings (SSSR count). The first-order chi connectivity index (χ1) is 11.5. The lowest BCUT2D eigenvalue weighted by atomic mass is 10.1. The van der Waals surface area contributed by atoms with Crippen molar-refractivity contribution in [1.82, 2.24) is 4.98 Å². The fourth-order valence-corrected chi connectivity index (χ4v) is 2.19. The highest BCUT2D eigenvalue weighted by atomic mass is 16.5. The molecular weight excluding hydrogens is 306 g/mol. The van der Waals surface area contributed by atoms with Gasteiger partial charge >= 0.3 is 0 Å². The molecule has 1 aromatic heterocycles. The second-order valence-electron chi connectivity index (χ2n) is 5.77. The SMILES string of the molecule is COc1ccc(Nc2ccc(NC(=O)CC(C)C)nc2)cc1OC. The zero-order valence-corrected chi connectivity index (χ0v) is 14.4. The first-order valence-electron chi connectivity index (χ1n) is 7.76. The number of anilines is 3. The summed E-state index contributed by atoms with van der Waals surface area (Å²) in [7, 11) is 3.19. The molecule has 0 fully saturated rings. The van der Waals surface area contributed by atoms with Crippen LogP contribution in [-0.2, 0) is 4.79 Å². The second kappa shape index (κ2) is 8.19. The van der Waals surface area contributed by atoms with Crippen LogP contribution in [0.3, 0.4) is 0 Å². The van der Waals surface area contributed by atoms with Crippen molar-refractivity contribution in [2.75, 3.05) is 24.9 Å². The molecule has 6 nitrogen and oxygen atoms in total. The van der Waals surface area contributed by atoms with Gasteiger partial charge in [0.15, 0.2) is 11.5 Å². The molecule has 0 atom stereocenters. The van der Waals surface area contributed by atoms with Crippen molar-refractivity contribution in [1.29, 1.82) is 0 Å². The van der Waals surface area contributed by atoms with E-state index >= 15 is 0 Å². The lowest BCUT2D eigenvalue weighted by Crippen LogP contribution is -2.14. The summed E-state index contributed by atoms with van der Waals surface area (Å²) in [6.07, 6.45) is 2.15. The molecule has 1 aromatic carbocycles. The third-order valence-electron chi connectivity index (χ3n) is 3.30. The van der Waals surface area contributed by atoms with Crippen LogP contribution in [0.1, 0.15) is 20.3 Å². The number of nitrogens with zero attached hydrogens (tertiary/aromatic N) is 1. The van der Waals surface area contributed by atoms with E-state index in [1.54, 1.807) is 26.5 Å². The Morgan fingerprint density at radius 2 is 1.79 bits per heavy atom. The Morgan fingerprint density at radius 1 is 1.08 bits per heavy atom. The predicted octanol–water partition coefficient (Wildman–Crippen LogP) is 3.83. The van der Waals surface area contributed by atoms with Crippen molar-refractivity contribution in [3.8, 4) is 11.5 Å². The van der Waals surface area contributed by atoms with Gasteiger partial charge in [-0.25, -0.2) is 4.98 Å². The molecule has 6 heteroatoms. The van der Waals surface area contributed by atoms with E-state index in [1.807, 2.05) is 38.1 Å². The number of pyridine rings is 1. The molecule has 2 aromatic rings. The molecule has 0 bridgehead atoms. The summed E-state index contributed by atoms with van der Waals surface area (Å²) in [6, 6.07) is 9.18. The van der Waals surface area contributed by atoms with E-state index in [0.29, 0.717) is 29.7 Å². The number of methoxy groups -OCH3 is 2. The lowest BCUT2D eigenvalue weighted by Gasteiger charge is -2.12. The summed E-state index contributed by atoms with van der Waals surface area (Å²) < 4.78 is 10.5. The molecule has 0 spiro atoms. The lowest BCUT2D eigenvalue weighted by molar-refractivity contribution is -0.116. The number of benzene rings is 1. The standard InChI is InChI=1S/C18H23N3O3/c1-12(2)9-18(22)21-17-8-6-14(11-19-17)20-13-5-7-15(23-3)16(10-13)24-4/h5-8,10-12,20H,9H2,1-4H3,(H,19,21,22). The van der Waals surface area contributed by atoms with Crippen LogP contribution < -0.4 is 20.1 Å². The van der Waals surface area contributed by atoms with Crippen LogP contribution in [0.15, 0.2) is 36.5 Å². The summed E-state index contributed by atoms with van der Waals surface area (Å²) in [5.74, 6) is 2.14. The van der Waals surface area contributed by atoms with Gasteiger partial charge in [-0.3, -0.25) is 4.79 Å². The van der Waals surface area contributed by atoms with E-state index in [1.165, 1.54) is 0 Å². The fourth-order valence-electron chi connectivity index (χ4n) is 2.19. The Bertz CT molecular complexity index is 684. The Balaban J connectivity index is 2.02. The predicted molar refractivity (Wildman–Crippen MR) is 95.2 cm³/mol. The molecule has 0 aliphatic rings. The van der Waals surface area contributed by atoms with E-state index in [-0.39, 0.29) is 5.91 Å². The maximum Gasteiger partial charge on any atom is 0.225 e. The van der Waals surface area contributed by atoms with Crippen LogP contribution in [0.2, 0.25) is 0 Å². The first-order valence-corrected chi connectivity index (χ1v) is 7.76. The first kappa shape index (κ1) is 17.6. The molecule has 1 amide bonds. The minimum atomic E-state index is -0.0295. The van der Waals surface area contributed by atoms with Crippen molar-refractivity contribution in [3.63, 3.8) is 0 Å². The van der Waals surface area contributed by atoms with Crippen LogP contribution in [-0.4, -0.2) is 25.1 Å². The highest BCUT2D eigenvalue weighted by Crippen LogP contribution is 2.31. The summed E-state index contributed by atoms with van der Waals surface area (Å²) in [6.45, 7) is 4.01. The van der Waals surface area contributed by atoms with Gasteiger partial charge in [0.2, 0.25) is 5.91 Å². The van der Waals surface area contributed by atoms with Gasteiger partial charge in [0.25, 0.3) is 0 Å². The van der Waals surface area contributed by atoms with Crippen LogP contribution in [0.25, 0.3) is 0 Å². The third kappa shape index (κ3) is 4.87. The smallest absolute Gasteiger partial charge is 0.225 e. The van der Waals surface area contributed by atoms with Crippen LogP contribution in [0.4, 0.5) is 17.2 Å². The molecule has 0 aliphatic heterocycles. The number of carbonyl (C=O) groups is 1. The van der Waals surface area contributed by atoms with Gasteiger partial charge in [0.1, 0.15) is 5.82 Å². The molecule has 0 saturated carbocycles. The number of ether oxygens (including phenoxy) is 2. The Hall–Kier alpha value is -2.76. The van der Waals surface area contributed by atoms with E-state index in [9.17, 15) is 4.79 Å². The maximum atomic E-state index is 11.7. The number of amides is 1. The van der Waals surface area contributed by atoms with Crippen molar-refractivity contribution < 1.29 is 14.3 Å². The molecule has 128 valence electrons. The van der Waals surface area contributed by atoms with Crippen molar-refractivity contribution in [3.05, 3.63) is 36.5 Å². The van der Waals surface area contributed by atoms with Crippen molar-refractivity contribution >= 4 is 23.1 Å². The summed E-state index contributed by atoms with van der Waals surface area (Å²) >= 11 is 0. The molecule has 1 heterocycles. The number of hydrogen-bond donors (Lipinski definition) is 2. The van der Waals surface area contributed by atoms with Crippen LogP contribution in [0, 0.1) is 5.92 Å². The highest BCUT2D eigenvalue weighted by molar-refractivity contribution is 5.89. The third-order valence-corrected chi connectivity index (χ3v) is 3.30. The minimum Gasteiger partial charge on any atom is -0.493 e. The van der Waals surface area contributed by atoms with Gasteiger partial charge in [-0.2, -0.15) is 0 Å². The largest absolute Gasteiger partial charge is 0.493 e. The van der Waals surface area contributed by atoms with Gasteiger partial charge in [-0.1, -0.05) is 13.8 Å². The number of aromatic nitrogens is 1. The minimum absolute atomic E-state index is 0.0295. The number of carbonyl (C=O) groups excluding carboxylic acids is 1. The van der Waals surface area contributed by atoms with Gasteiger partial charge < -0.3 is 20.1 Å². The molecule has 0 aliphatic carbocycles. The van der Waals surface area contributed by atoms with E-state index in [0.717, 1.165) is 11.4 Å². The zero-order chi connectivity index (χ0) is 17.5. The number of nitrogens with one attached hydrogen (secondary N) is 2. The second-order valence-corrected chi connectivity index (χ2v) is 5.77. The Labute approximate surface area is 142 Å². The Kier molecular flexibility index (Phi) is 6.01. The van der Waals surface area contributed by atoms with Gasteiger partial charge in [0.05, 0.1) is 26.1 Å². The average molecular weight is 329 g/mol. The molecule has 2 N–H and O–H groups in total. The molecule has 0 saturated heterocycles. The van der Waals surface area contributed by atoms with Crippen LogP contribution in [0.5, 0.6) is 11.5 Å². The van der Waals surface area contributed by atoms with Gasteiger partial charge in [-0.15, -0.1) is 0 Å². The fraction of sp³-hybridized carbons (Fsp3) is 0.333. The number of hydrogen-bond acceptors (Lipinski definition) is 5. The molecule has 0 radical (unpaired) electrons. The van der Waals surface area contributed by atoms with E-state index in [2.05, 4.69) is 15.6 Å². The Morgan fingerprint density at radius 3 is 2.38 bits per heavy atom. The maximum absolute atomic E-state index is 11.7. The normalized spacial score (nSPS) is 10.4. The van der Waals surface area contributed by atoms with Crippen molar-refractivity contribution in [2.24, 2.45) is 5.92 Å². The summed E-state index contributed by atoms with van der Waals surface area (Å²) in [4.78, 5) is 16.0. The van der Waals surface area contributed by atoms with Gasteiger partial charge in [0, 0.05) is 18.2 Å². The summed E-state index contributed by atoms with van der Waals surface area (Å²) in [5, 5.41) is 6.02. The van der Waals surface area contributed by atoms with Crippen molar-refractivity contribution in [2.45, 2.75) is 20.3 Å².